The van der Waals surface area contributed by atoms with Crippen molar-refractivity contribution in [1.29, 1.82) is 0 Å². The molecule has 270 valence electrons. The number of benzene rings is 1. The van der Waals surface area contributed by atoms with Crippen molar-refractivity contribution in [3.63, 3.8) is 0 Å². The molecule has 49 heavy (non-hydrogen) atoms. The van der Waals surface area contributed by atoms with Gasteiger partial charge in [0.25, 0.3) is 0 Å². The molecular weight excluding hydrogens is 638 g/mol. The molecule has 1 spiro atoms. The van der Waals surface area contributed by atoms with Gasteiger partial charge in [0.1, 0.15) is 29.5 Å². The normalized spacial score (nSPS) is 47.4. The summed E-state index contributed by atoms with van der Waals surface area (Å²) in [6.07, 6.45) is -5.22. The Morgan fingerprint density at radius 3 is 2.12 bits per heavy atom. The summed E-state index contributed by atoms with van der Waals surface area (Å²) >= 11 is 0. The van der Waals surface area contributed by atoms with E-state index in [1.807, 2.05) is 6.92 Å². The number of nitrogens with zero attached hydrogens (tertiary/aromatic N) is 1. The number of carbonyl (C=O) groups excluding carboxylic acids is 3. The van der Waals surface area contributed by atoms with Crippen LogP contribution in [0.1, 0.15) is 44.0 Å². The van der Waals surface area contributed by atoms with E-state index in [0.29, 0.717) is 25.1 Å². The van der Waals surface area contributed by atoms with E-state index in [1.165, 1.54) is 21.0 Å². The van der Waals surface area contributed by atoms with Crippen molar-refractivity contribution >= 4 is 17.9 Å². The van der Waals surface area contributed by atoms with Gasteiger partial charge >= 0.3 is 17.9 Å². The fraction of sp³-hybridized carbons (Fsp3) is 0.750. The molecule has 2 N–H and O–H groups in total. The molecule has 1 aromatic carbocycles. The second-order valence-electron chi connectivity index (χ2n) is 15.0. The Morgan fingerprint density at radius 2 is 1.55 bits per heavy atom. The monoisotopic (exact) mass is 687 g/mol. The largest absolute Gasteiger partial charge is 0.462 e. The number of hydrogen-bond donors (Lipinski definition) is 2. The van der Waals surface area contributed by atoms with Gasteiger partial charge in [-0.15, -0.1) is 0 Å². The van der Waals surface area contributed by atoms with Gasteiger partial charge < -0.3 is 43.4 Å². The molecular formula is C36H49NO12. The minimum Gasteiger partial charge on any atom is -0.462 e. The maximum atomic E-state index is 13.8. The molecule has 6 aliphatic rings. The van der Waals surface area contributed by atoms with E-state index in [4.69, 9.17) is 33.2 Å². The number of aliphatic hydroxyl groups is 2. The number of piperidine rings is 1. The molecule has 13 heteroatoms. The Morgan fingerprint density at radius 1 is 0.857 bits per heavy atom. The lowest BCUT2D eigenvalue weighted by Gasteiger charge is -2.70. The van der Waals surface area contributed by atoms with E-state index >= 15 is 0 Å². The summed E-state index contributed by atoms with van der Waals surface area (Å²) in [6.45, 7) is 5.96. The van der Waals surface area contributed by atoms with Crippen LogP contribution in [0, 0.1) is 34.5 Å². The summed E-state index contributed by atoms with van der Waals surface area (Å²) in [7, 11) is 6.26. The van der Waals surface area contributed by atoms with Gasteiger partial charge in [-0.25, -0.2) is 4.79 Å². The molecule has 7 bridgehead atoms. The zero-order valence-corrected chi connectivity index (χ0v) is 29.2. The van der Waals surface area contributed by atoms with Crippen molar-refractivity contribution in [3.8, 4) is 0 Å². The highest BCUT2D eigenvalue weighted by Gasteiger charge is 2.92. The van der Waals surface area contributed by atoms with E-state index in [9.17, 15) is 24.6 Å². The minimum absolute atomic E-state index is 0.0534. The maximum absolute atomic E-state index is 13.8. The summed E-state index contributed by atoms with van der Waals surface area (Å²) in [6, 6.07) is 8.11. The third kappa shape index (κ3) is 4.27. The van der Waals surface area contributed by atoms with Crippen molar-refractivity contribution in [2.75, 3.05) is 48.1 Å². The Hall–Kier alpha value is -2.65. The maximum Gasteiger partial charge on any atom is 0.338 e. The predicted molar refractivity (Wildman–Crippen MR) is 170 cm³/mol. The van der Waals surface area contributed by atoms with Gasteiger partial charge in [0.05, 0.1) is 24.4 Å². The highest BCUT2D eigenvalue weighted by Crippen LogP contribution is 2.80. The van der Waals surface area contributed by atoms with Gasteiger partial charge in [-0.3, -0.25) is 14.5 Å². The van der Waals surface area contributed by atoms with E-state index < -0.39 is 100 Å². The number of carbonyl (C=O) groups is 3. The van der Waals surface area contributed by atoms with Gasteiger partial charge in [-0.05, 0) is 31.0 Å². The molecule has 0 aromatic heterocycles. The molecule has 1 aliphatic heterocycles. The van der Waals surface area contributed by atoms with Crippen LogP contribution < -0.4 is 0 Å². The fourth-order valence-electron chi connectivity index (χ4n) is 12.5. The summed E-state index contributed by atoms with van der Waals surface area (Å²) in [5.41, 5.74) is -5.09. The zero-order chi connectivity index (χ0) is 35.3. The van der Waals surface area contributed by atoms with Gasteiger partial charge in [-0.2, -0.15) is 0 Å². The van der Waals surface area contributed by atoms with Crippen LogP contribution in [0.3, 0.4) is 0 Å². The van der Waals surface area contributed by atoms with Gasteiger partial charge in [0.15, 0.2) is 6.10 Å². The zero-order valence-electron chi connectivity index (χ0n) is 29.2. The third-order valence-corrected chi connectivity index (χ3v) is 13.4. The smallest absolute Gasteiger partial charge is 0.338 e. The van der Waals surface area contributed by atoms with Crippen molar-refractivity contribution in [1.82, 2.24) is 4.90 Å². The number of ether oxygens (including phenoxy) is 7. The predicted octanol–water partition coefficient (Wildman–Crippen LogP) is 1.22. The van der Waals surface area contributed by atoms with E-state index in [0.717, 1.165) is 0 Å². The van der Waals surface area contributed by atoms with Crippen LogP contribution in [0.4, 0.5) is 0 Å². The summed E-state index contributed by atoms with van der Waals surface area (Å²) in [4.78, 5) is 41.6. The second kappa shape index (κ2) is 12.0. The number of hydrogen-bond acceptors (Lipinski definition) is 13. The highest BCUT2D eigenvalue weighted by atomic mass is 16.6. The molecule has 5 aliphatic carbocycles. The van der Waals surface area contributed by atoms with Crippen molar-refractivity contribution in [2.45, 2.75) is 87.5 Å². The van der Waals surface area contributed by atoms with Gasteiger partial charge in [-0.1, -0.05) is 25.1 Å². The van der Waals surface area contributed by atoms with Gasteiger partial charge in [0, 0.05) is 89.9 Å². The number of rotatable bonds is 10. The van der Waals surface area contributed by atoms with Crippen LogP contribution in [-0.2, 0) is 42.7 Å². The van der Waals surface area contributed by atoms with Crippen molar-refractivity contribution in [2.24, 2.45) is 34.5 Å². The molecule has 1 heterocycles. The Labute approximate surface area is 286 Å². The quantitative estimate of drug-likeness (QED) is 0.267. The molecule has 1 saturated heterocycles. The minimum atomic E-state index is -1.90. The van der Waals surface area contributed by atoms with Crippen LogP contribution in [0.25, 0.3) is 0 Å². The topological polar surface area (TPSA) is 160 Å². The molecule has 5 saturated carbocycles. The van der Waals surface area contributed by atoms with Crippen LogP contribution in [0.2, 0.25) is 0 Å². The standard InChI is InChI=1S/C36H49NO12/c1-8-37-16-33(17-43-4)22(47-18(2)38)14-23(44-5)35-21-15-34(41)29(49-32(40)20-12-10-9-11-13-20)24(21)36(42,31(30(34)46-7)48-19(3)39)25(28(35)37)26(45-6)27(33)35/h9-13,21-31,41-42H,8,14-17H2,1-7H3/t21-,22-,23+,24-,25+,26+,27-,28?,29-,30+,31+,33+,34-,35+,36-/m1/s1. The molecule has 1 aromatic rings. The lowest BCUT2D eigenvalue weighted by Crippen LogP contribution is -2.81. The molecule has 1 unspecified atom stereocenters. The van der Waals surface area contributed by atoms with Crippen LogP contribution in [-0.4, -0.2) is 135 Å². The second-order valence-corrected chi connectivity index (χ2v) is 15.0. The van der Waals surface area contributed by atoms with E-state index in [1.54, 1.807) is 51.7 Å². The summed E-state index contributed by atoms with van der Waals surface area (Å²) < 4.78 is 43.4. The molecule has 7 rings (SSSR count). The number of esters is 3. The number of methoxy groups -OCH3 is 4. The van der Waals surface area contributed by atoms with E-state index in [2.05, 4.69) is 4.90 Å². The SMILES string of the molecule is CCN1C[C@@]2(COC)[C@H]3[C@@H](OC)[C@H]4C1[C@]3([C@@H](OC)C[C@H]2OC(C)=O)[C@@H]1C[C@@]2(O)[C@H](OC(=O)c3ccccc3)[C@@H]1[C@]4(O)[C@@H](OC(C)=O)[C@@H]2OC. The molecule has 13 nitrogen and oxygen atoms in total. The first-order valence-electron chi connectivity index (χ1n) is 17.2. The Balaban J connectivity index is 1.51. The van der Waals surface area contributed by atoms with Crippen LogP contribution >= 0.6 is 0 Å². The number of fused-ring (bicyclic) bond motifs is 2. The first kappa shape index (κ1) is 34.8. The first-order valence-corrected chi connectivity index (χ1v) is 17.2. The fourth-order valence-corrected chi connectivity index (χ4v) is 12.5. The molecule has 15 atom stereocenters. The Bertz CT molecular complexity index is 1480. The highest BCUT2D eigenvalue weighted by molar-refractivity contribution is 5.89. The van der Waals surface area contributed by atoms with Gasteiger partial charge in [0.2, 0.25) is 0 Å². The lowest BCUT2D eigenvalue weighted by atomic mass is 9.42. The average molecular weight is 688 g/mol. The van der Waals surface area contributed by atoms with Crippen molar-refractivity contribution < 1.29 is 57.8 Å². The van der Waals surface area contributed by atoms with Crippen LogP contribution in [0.5, 0.6) is 0 Å². The molecule has 0 radical (unpaired) electrons. The molecule has 0 amide bonds. The Kier molecular flexibility index (Phi) is 8.49. The summed E-state index contributed by atoms with van der Waals surface area (Å²) in [5.74, 6) is -4.34. The first-order chi connectivity index (χ1) is 23.4. The summed E-state index contributed by atoms with van der Waals surface area (Å²) in [5, 5.41) is 26.6. The third-order valence-electron chi connectivity index (χ3n) is 13.4. The molecule has 6 fully saturated rings. The number of likely N-dealkylation sites (tertiary alicyclic amines) is 1. The van der Waals surface area contributed by atoms with Crippen LogP contribution in [0.15, 0.2) is 30.3 Å². The van der Waals surface area contributed by atoms with Crippen molar-refractivity contribution in [3.05, 3.63) is 35.9 Å². The lowest BCUT2D eigenvalue weighted by molar-refractivity contribution is -0.322. The van der Waals surface area contributed by atoms with E-state index in [-0.39, 0.29) is 19.1 Å². The average Bonchev–Trinajstić information content (AvgIpc) is 3.45.